The van der Waals surface area contributed by atoms with Crippen LogP contribution in [0.1, 0.15) is 63.5 Å². The lowest BCUT2D eigenvalue weighted by molar-refractivity contribution is 0.618. The van der Waals surface area contributed by atoms with Crippen LogP contribution in [0.3, 0.4) is 0 Å². The van der Waals surface area contributed by atoms with E-state index in [0.29, 0.717) is 0 Å². The summed E-state index contributed by atoms with van der Waals surface area (Å²) in [6.07, 6.45) is 8.49. The van der Waals surface area contributed by atoms with Crippen LogP contribution in [0.25, 0.3) is 0 Å². The van der Waals surface area contributed by atoms with Gasteiger partial charge in [-0.15, -0.1) is 0 Å². The van der Waals surface area contributed by atoms with Crippen LogP contribution in [0.4, 0.5) is 4.39 Å². The highest BCUT2D eigenvalue weighted by Crippen LogP contribution is 2.07. The van der Waals surface area contributed by atoms with E-state index in [9.17, 15) is 4.39 Å². The second kappa shape index (κ2) is 10.3. The summed E-state index contributed by atoms with van der Waals surface area (Å²) in [7, 11) is 0. The molecule has 17 heavy (non-hydrogen) atoms. The van der Waals surface area contributed by atoms with Gasteiger partial charge < -0.3 is 0 Å². The van der Waals surface area contributed by atoms with Gasteiger partial charge in [-0.1, -0.05) is 70.1 Å². The maximum absolute atomic E-state index is 12.5. The molecule has 0 saturated carbocycles. The summed E-state index contributed by atoms with van der Waals surface area (Å²) >= 11 is 0. The van der Waals surface area contributed by atoms with E-state index in [1.807, 2.05) is 13.0 Å². The van der Waals surface area contributed by atoms with Gasteiger partial charge in [0.25, 0.3) is 0 Å². The molecular weight excluding hydrogens is 211 g/mol. The van der Waals surface area contributed by atoms with Gasteiger partial charge in [-0.3, -0.25) is 0 Å². The van der Waals surface area contributed by atoms with Gasteiger partial charge in [0, 0.05) is 0 Å². The molecule has 0 radical (unpaired) electrons. The van der Waals surface area contributed by atoms with E-state index >= 15 is 0 Å². The first-order chi connectivity index (χ1) is 8.11. The molecule has 0 aromatic heterocycles. The standard InChI is InChI=1S/C8H9F.C8H18/c1-6-3-4-8(9)7(2)5-6;1-3-5-7-8-6-4-2/h3-5H,1-2H3;3-8H2,1-2H3. The van der Waals surface area contributed by atoms with Gasteiger partial charge in [0.05, 0.1) is 0 Å². The Hall–Kier alpha value is -0.850. The van der Waals surface area contributed by atoms with Gasteiger partial charge in [0.2, 0.25) is 0 Å². The van der Waals surface area contributed by atoms with E-state index in [2.05, 4.69) is 13.8 Å². The summed E-state index contributed by atoms with van der Waals surface area (Å²) in [4.78, 5) is 0. The molecule has 1 aromatic carbocycles. The van der Waals surface area contributed by atoms with Gasteiger partial charge in [0.15, 0.2) is 0 Å². The number of halogens is 1. The monoisotopic (exact) mass is 238 g/mol. The minimum absolute atomic E-state index is 0.124. The zero-order valence-corrected chi connectivity index (χ0v) is 11.9. The first-order valence-corrected chi connectivity index (χ1v) is 6.84. The predicted molar refractivity (Wildman–Crippen MR) is 74.9 cm³/mol. The molecule has 0 amide bonds. The van der Waals surface area contributed by atoms with Crippen LogP contribution in [0.2, 0.25) is 0 Å². The van der Waals surface area contributed by atoms with Crippen molar-refractivity contribution < 1.29 is 4.39 Å². The maximum atomic E-state index is 12.5. The minimum atomic E-state index is -0.124. The molecule has 0 nitrogen and oxygen atoms in total. The molecule has 0 unspecified atom stereocenters. The van der Waals surface area contributed by atoms with Crippen LogP contribution >= 0.6 is 0 Å². The summed E-state index contributed by atoms with van der Waals surface area (Å²) < 4.78 is 12.5. The summed E-state index contributed by atoms with van der Waals surface area (Å²) in [5.41, 5.74) is 1.82. The van der Waals surface area contributed by atoms with Crippen molar-refractivity contribution in [3.63, 3.8) is 0 Å². The largest absolute Gasteiger partial charge is 0.207 e. The molecule has 0 fully saturated rings. The Balaban J connectivity index is 0.000000304. The molecule has 0 aliphatic rings. The third-order valence-electron chi connectivity index (χ3n) is 2.77. The van der Waals surface area contributed by atoms with Crippen molar-refractivity contribution in [3.05, 3.63) is 35.1 Å². The van der Waals surface area contributed by atoms with Gasteiger partial charge >= 0.3 is 0 Å². The van der Waals surface area contributed by atoms with Gasteiger partial charge in [0.1, 0.15) is 5.82 Å². The summed E-state index contributed by atoms with van der Waals surface area (Å²) in [5, 5.41) is 0. The lowest BCUT2D eigenvalue weighted by Gasteiger charge is -1.95. The minimum Gasteiger partial charge on any atom is -0.207 e. The molecule has 1 heteroatoms. The fourth-order valence-electron chi connectivity index (χ4n) is 1.65. The Kier molecular flexibility index (Phi) is 9.80. The lowest BCUT2D eigenvalue weighted by atomic mass is 10.1. The maximum Gasteiger partial charge on any atom is 0.126 e. The van der Waals surface area contributed by atoms with Crippen LogP contribution in [0.5, 0.6) is 0 Å². The molecule has 0 spiro atoms. The fourth-order valence-corrected chi connectivity index (χ4v) is 1.65. The number of hydrogen-bond donors (Lipinski definition) is 0. The first-order valence-electron chi connectivity index (χ1n) is 6.84. The average Bonchev–Trinajstić information content (AvgIpc) is 2.31. The molecular formula is C16H27F. The fraction of sp³-hybridized carbons (Fsp3) is 0.625. The SMILES string of the molecule is CCCCCCCC.Cc1ccc(F)c(C)c1. The zero-order chi connectivity index (χ0) is 13.1. The van der Waals surface area contributed by atoms with Gasteiger partial charge in [-0.05, 0) is 25.5 Å². The van der Waals surface area contributed by atoms with Crippen molar-refractivity contribution in [1.29, 1.82) is 0 Å². The Morgan fingerprint density at radius 3 is 1.76 bits per heavy atom. The number of unbranched alkanes of at least 4 members (excludes halogenated alkanes) is 5. The quantitative estimate of drug-likeness (QED) is 0.568. The van der Waals surface area contributed by atoms with Crippen molar-refractivity contribution in [2.75, 3.05) is 0 Å². The molecule has 1 rings (SSSR count). The van der Waals surface area contributed by atoms with Crippen molar-refractivity contribution >= 4 is 0 Å². The van der Waals surface area contributed by atoms with Crippen LogP contribution in [0.15, 0.2) is 18.2 Å². The van der Waals surface area contributed by atoms with Gasteiger partial charge in [-0.2, -0.15) is 0 Å². The zero-order valence-electron chi connectivity index (χ0n) is 11.9. The third-order valence-corrected chi connectivity index (χ3v) is 2.77. The third kappa shape index (κ3) is 8.91. The number of rotatable bonds is 5. The van der Waals surface area contributed by atoms with Crippen LogP contribution in [-0.2, 0) is 0 Å². The van der Waals surface area contributed by atoms with Gasteiger partial charge in [-0.25, -0.2) is 4.39 Å². The molecule has 0 aliphatic heterocycles. The van der Waals surface area contributed by atoms with Crippen molar-refractivity contribution in [1.82, 2.24) is 0 Å². The lowest BCUT2D eigenvalue weighted by Crippen LogP contribution is -1.81. The Morgan fingerprint density at radius 2 is 1.41 bits per heavy atom. The Labute approximate surface area is 106 Å². The van der Waals surface area contributed by atoms with E-state index < -0.39 is 0 Å². The molecule has 0 heterocycles. The number of benzene rings is 1. The van der Waals surface area contributed by atoms with Crippen LogP contribution < -0.4 is 0 Å². The molecule has 1 aromatic rings. The smallest absolute Gasteiger partial charge is 0.126 e. The van der Waals surface area contributed by atoms with E-state index in [4.69, 9.17) is 0 Å². The molecule has 0 bridgehead atoms. The van der Waals surface area contributed by atoms with Crippen LogP contribution in [-0.4, -0.2) is 0 Å². The van der Waals surface area contributed by atoms with Crippen molar-refractivity contribution in [3.8, 4) is 0 Å². The highest BCUT2D eigenvalue weighted by Gasteiger charge is 1.93. The second-order valence-electron chi connectivity index (χ2n) is 4.67. The predicted octanol–water partition coefficient (Wildman–Crippen LogP) is 5.81. The molecule has 0 atom stereocenters. The number of aryl methyl sites for hydroxylation is 2. The molecule has 98 valence electrons. The summed E-state index contributed by atoms with van der Waals surface area (Å²) in [6, 6.07) is 5.09. The van der Waals surface area contributed by atoms with E-state index in [-0.39, 0.29) is 5.82 Å². The van der Waals surface area contributed by atoms with Crippen molar-refractivity contribution in [2.24, 2.45) is 0 Å². The van der Waals surface area contributed by atoms with Crippen molar-refractivity contribution in [2.45, 2.75) is 66.2 Å². The van der Waals surface area contributed by atoms with Crippen LogP contribution in [0, 0.1) is 19.7 Å². The first kappa shape index (κ1) is 16.1. The second-order valence-corrected chi connectivity index (χ2v) is 4.67. The average molecular weight is 238 g/mol. The summed E-state index contributed by atoms with van der Waals surface area (Å²) in [5.74, 6) is -0.124. The topological polar surface area (TPSA) is 0 Å². The Morgan fingerprint density at radius 1 is 0.882 bits per heavy atom. The molecule has 0 saturated heterocycles. The number of hydrogen-bond acceptors (Lipinski definition) is 0. The summed E-state index contributed by atoms with van der Waals surface area (Å²) in [6.45, 7) is 8.23. The highest BCUT2D eigenvalue weighted by atomic mass is 19.1. The normalized spacial score (nSPS) is 9.71. The molecule has 0 N–H and O–H groups in total. The molecule has 0 aliphatic carbocycles. The Bertz CT molecular complexity index is 286. The highest BCUT2D eigenvalue weighted by molar-refractivity contribution is 5.22. The van der Waals surface area contributed by atoms with E-state index in [0.717, 1.165) is 11.1 Å². The van der Waals surface area contributed by atoms with E-state index in [1.54, 1.807) is 13.0 Å². The van der Waals surface area contributed by atoms with E-state index in [1.165, 1.54) is 44.6 Å².